The highest BCUT2D eigenvalue weighted by molar-refractivity contribution is 6.93. The van der Waals surface area contributed by atoms with E-state index in [-0.39, 0.29) is 6.71 Å². The highest BCUT2D eigenvalue weighted by atomic mass is 16.1. The van der Waals surface area contributed by atoms with Gasteiger partial charge >= 0.3 is 0 Å². The predicted octanol–water partition coefficient (Wildman–Crippen LogP) is 18.7. The van der Waals surface area contributed by atoms with Gasteiger partial charge in [-0.15, -0.1) is 6.58 Å². The van der Waals surface area contributed by atoms with Gasteiger partial charge < -0.3 is 4.79 Å². The Morgan fingerprint density at radius 2 is 1.05 bits per heavy atom. The molecule has 2 heteroatoms. The normalized spacial score (nSPS) is 12.3. The van der Waals surface area contributed by atoms with Crippen LogP contribution in [0.2, 0.25) is 12.1 Å². The van der Waals surface area contributed by atoms with Crippen LogP contribution in [0.1, 0.15) is 168 Å². The van der Waals surface area contributed by atoms with Gasteiger partial charge in [-0.2, -0.15) is 0 Å². The van der Waals surface area contributed by atoms with Crippen LogP contribution in [0.15, 0.2) is 146 Å². The molecule has 2 atom stereocenters. The van der Waals surface area contributed by atoms with E-state index in [1.54, 1.807) is 6.08 Å². The van der Waals surface area contributed by atoms with Crippen LogP contribution in [0.4, 0.5) is 0 Å². The third-order valence-electron chi connectivity index (χ3n) is 9.96. The zero-order valence-corrected chi connectivity index (χ0v) is 41.7. The fourth-order valence-electron chi connectivity index (χ4n) is 6.53. The summed E-state index contributed by atoms with van der Waals surface area (Å²) in [7, 11) is 0. The van der Waals surface area contributed by atoms with Crippen molar-refractivity contribution in [3.05, 3.63) is 179 Å². The molecule has 0 aromatic heterocycles. The maximum absolute atomic E-state index is 12.9. The zero-order chi connectivity index (χ0) is 46.3. The molecule has 0 spiro atoms. The Morgan fingerprint density at radius 1 is 0.633 bits per heavy atom. The van der Waals surface area contributed by atoms with E-state index in [4.69, 9.17) is 0 Å². The SMILES string of the molecule is C=CC.CC.CC.CC.CC.CC.CC(c1ccccc1)c1ccccc1.CC[C@H](C)B1C[C@@H](C)CCc2c(C)cccc2C1=O.CCc1ccc(-c2ccccc2)cc1. The van der Waals surface area contributed by atoms with Gasteiger partial charge in [0.15, 0.2) is 0 Å². The lowest BCUT2D eigenvalue weighted by molar-refractivity contribution is 0.106. The molecule has 0 bridgehead atoms. The lowest BCUT2D eigenvalue weighted by Gasteiger charge is -2.26. The van der Waals surface area contributed by atoms with Crippen LogP contribution < -0.4 is 0 Å². The summed E-state index contributed by atoms with van der Waals surface area (Å²) in [5.41, 5.74) is 10.7. The Balaban J connectivity index is -0.000000719. The molecule has 0 saturated heterocycles. The quantitative estimate of drug-likeness (QED) is 0.123. The second-order valence-corrected chi connectivity index (χ2v) is 13.7. The molecule has 330 valence electrons. The first-order chi connectivity index (χ1) is 29.2. The number of aryl methyl sites for hydroxylation is 2. The lowest BCUT2D eigenvalue weighted by atomic mass is 9.33. The smallest absolute Gasteiger partial charge is 0.233 e. The molecule has 60 heavy (non-hydrogen) atoms. The fourth-order valence-corrected chi connectivity index (χ4v) is 6.53. The van der Waals surface area contributed by atoms with Gasteiger partial charge in [0.2, 0.25) is 6.71 Å². The summed E-state index contributed by atoms with van der Waals surface area (Å²) >= 11 is 0. The Morgan fingerprint density at radius 3 is 1.47 bits per heavy atom. The number of benzene rings is 5. The Bertz CT molecular complexity index is 1640. The third kappa shape index (κ3) is 22.8. The standard InChI is InChI=1S/C17H25BO.2C14H14.C3H6.5C2H6/c1-5-14(4)18-11-12(2)9-10-15-13(3)7-6-8-16(15)17(18)19;1-12(13-8-4-2-5-9-13)14-10-6-3-7-11-14;1-2-12-8-10-14(11-9-12)13-6-4-3-5-7-13;1-3-2;5*1-2/h6-8,12,14H,5,9-11H2,1-4H3;2-12H,1H3;3-11H,2H2,1H3;3H,1H2,2H3;5*1-2H3/t12-,14-;;;;;;;;/m0......../s1. The number of carbonyl (C=O) groups is 1. The highest BCUT2D eigenvalue weighted by Gasteiger charge is 2.33. The van der Waals surface area contributed by atoms with Crippen LogP contribution in [0, 0.1) is 12.8 Å². The topological polar surface area (TPSA) is 17.1 Å². The molecule has 0 N–H and O–H groups in total. The molecule has 0 amide bonds. The molecule has 0 saturated carbocycles. The van der Waals surface area contributed by atoms with Crippen molar-refractivity contribution in [3.8, 4) is 11.1 Å². The molecule has 5 aromatic carbocycles. The van der Waals surface area contributed by atoms with Gasteiger partial charge in [-0.1, -0.05) is 262 Å². The average molecular weight is 813 g/mol. The minimum atomic E-state index is 0.209. The van der Waals surface area contributed by atoms with Gasteiger partial charge in [0.25, 0.3) is 0 Å². The van der Waals surface area contributed by atoms with Crippen molar-refractivity contribution < 1.29 is 4.79 Å². The summed E-state index contributed by atoms with van der Waals surface area (Å²) in [6, 6.07) is 46.6. The molecule has 0 aliphatic carbocycles. The maximum Gasteiger partial charge on any atom is 0.233 e. The predicted molar refractivity (Wildman–Crippen MR) is 278 cm³/mol. The first kappa shape index (κ1) is 59.9. The van der Waals surface area contributed by atoms with Crippen molar-refractivity contribution in [3.63, 3.8) is 0 Å². The van der Waals surface area contributed by atoms with Gasteiger partial charge in [0.1, 0.15) is 5.68 Å². The largest absolute Gasteiger partial charge is 0.306 e. The molecule has 0 unspecified atom stereocenters. The lowest BCUT2D eigenvalue weighted by Crippen LogP contribution is -2.34. The molecular formula is C58H89BO. The number of fused-ring (bicyclic) bond motifs is 1. The number of rotatable bonds is 6. The number of carbonyl (C=O) groups excluding carboxylic acids is 1. The minimum Gasteiger partial charge on any atom is -0.306 e. The highest BCUT2D eigenvalue weighted by Crippen LogP contribution is 2.31. The molecular weight excluding hydrogens is 723 g/mol. The Labute approximate surface area is 373 Å². The summed E-state index contributed by atoms with van der Waals surface area (Å²) in [6.07, 6.45) is 7.26. The molecule has 5 aromatic rings. The first-order valence-corrected chi connectivity index (χ1v) is 23.7. The fraction of sp³-hybridized carbons (Fsp3) is 0.431. The molecule has 0 fully saturated rings. The van der Waals surface area contributed by atoms with E-state index in [1.165, 1.54) is 45.4 Å². The summed E-state index contributed by atoms with van der Waals surface area (Å²) in [5.74, 6) is 1.62. The van der Waals surface area contributed by atoms with Gasteiger partial charge in [-0.3, -0.25) is 0 Å². The third-order valence-corrected chi connectivity index (χ3v) is 9.96. The van der Waals surface area contributed by atoms with Crippen LogP contribution in [0.3, 0.4) is 0 Å². The summed E-state index contributed by atoms with van der Waals surface area (Å²) in [5, 5.41) is 0. The van der Waals surface area contributed by atoms with Crippen molar-refractivity contribution in [2.75, 3.05) is 0 Å². The number of hydrogen-bond acceptors (Lipinski definition) is 1. The van der Waals surface area contributed by atoms with Gasteiger partial charge in [-0.05, 0) is 78.0 Å². The van der Waals surface area contributed by atoms with Crippen LogP contribution in [-0.4, -0.2) is 12.4 Å². The van der Waals surface area contributed by atoms with Crippen LogP contribution in [-0.2, 0) is 12.8 Å². The van der Waals surface area contributed by atoms with Gasteiger partial charge in [-0.25, -0.2) is 0 Å². The van der Waals surface area contributed by atoms with E-state index >= 15 is 0 Å². The van der Waals surface area contributed by atoms with Crippen molar-refractivity contribution in [2.24, 2.45) is 5.92 Å². The van der Waals surface area contributed by atoms with Crippen molar-refractivity contribution >= 4 is 12.4 Å². The van der Waals surface area contributed by atoms with E-state index < -0.39 is 0 Å². The van der Waals surface area contributed by atoms with Crippen LogP contribution in [0.25, 0.3) is 11.1 Å². The molecule has 1 nitrogen and oxygen atoms in total. The first-order valence-electron chi connectivity index (χ1n) is 23.7. The molecule has 1 aliphatic heterocycles. The van der Waals surface area contributed by atoms with E-state index in [9.17, 15) is 4.79 Å². The average Bonchev–Trinajstić information content (AvgIpc) is 3.34. The van der Waals surface area contributed by atoms with E-state index in [0.717, 1.165) is 31.1 Å². The molecule has 6 rings (SSSR count). The van der Waals surface area contributed by atoms with E-state index in [0.29, 0.717) is 23.3 Å². The number of hydrogen-bond donors (Lipinski definition) is 0. The second-order valence-electron chi connectivity index (χ2n) is 13.7. The van der Waals surface area contributed by atoms with Gasteiger partial charge in [0.05, 0.1) is 0 Å². The summed E-state index contributed by atoms with van der Waals surface area (Å²) in [6.45, 7) is 38.7. The monoisotopic (exact) mass is 813 g/mol. The maximum atomic E-state index is 12.9. The second kappa shape index (κ2) is 40.0. The minimum absolute atomic E-state index is 0.209. The van der Waals surface area contributed by atoms with Crippen molar-refractivity contribution in [2.45, 2.75) is 161 Å². The van der Waals surface area contributed by atoms with Crippen LogP contribution in [0.5, 0.6) is 0 Å². The summed E-state index contributed by atoms with van der Waals surface area (Å²) < 4.78 is 0. The van der Waals surface area contributed by atoms with Gasteiger partial charge in [0, 0.05) is 11.5 Å². The van der Waals surface area contributed by atoms with Crippen molar-refractivity contribution in [1.82, 2.24) is 0 Å². The Kier molecular flexibility index (Phi) is 39.9. The zero-order valence-electron chi connectivity index (χ0n) is 41.7. The number of allylic oxidation sites excluding steroid dienone is 1. The molecule has 0 radical (unpaired) electrons. The van der Waals surface area contributed by atoms with E-state index in [2.05, 4.69) is 163 Å². The van der Waals surface area contributed by atoms with E-state index in [1.807, 2.05) is 94.4 Å². The van der Waals surface area contributed by atoms with Crippen molar-refractivity contribution in [1.29, 1.82) is 0 Å². The Hall–Kier alpha value is -4.43. The molecule has 1 heterocycles. The molecule has 1 aliphatic rings. The van der Waals surface area contributed by atoms with Crippen LogP contribution >= 0.6 is 0 Å². The summed E-state index contributed by atoms with van der Waals surface area (Å²) in [4.78, 5) is 12.9.